The molecule has 0 bridgehead atoms. The maximum Gasteiger partial charge on any atom is 0.596 e. The summed E-state index contributed by atoms with van der Waals surface area (Å²) in [5, 5.41) is 0. The highest BCUT2D eigenvalue weighted by atomic mass is 28.4. The monoisotopic (exact) mass is 305 g/mol. The van der Waals surface area contributed by atoms with Crippen LogP contribution in [0.25, 0.3) is 0 Å². The Hall–Kier alpha value is 0.0569. The Morgan fingerprint density at radius 2 is 1.15 bits per heavy atom. The first kappa shape index (κ1) is 20.1. The van der Waals surface area contributed by atoms with Crippen LogP contribution in [0.15, 0.2) is 0 Å². The topological polar surface area (TPSA) is 39.7 Å². The molecule has 0 aliphatic carbocycles. The van der Waals surface area contributed by atoms with Gasteiger partial charge in [-0.25, -0.2) is 0 Å². The zero-order valence-electron chi connectivity index (χ0n) is 14.0. The van der Waals surface area contributed by atoms with Gasteiger partial charge < -0.3 is 13.3 Å². The van der Waals surface area contributed by atoms with Crippen molar-refractivity contribution in [2.75, 3.05) is 26.4 Å². The Labute approximate surface area is 127 Å². The van der Waals surface area contributed by atoms with Gasteiger partial charge in [-0.1, -0.05) is 47.0 Å². The second-order valence-electron chi connectivity index (χ2n) is 5.09. The van der Waals surface area contributed by atoms with E-state index in [1.165, 1.54) is 19.3 Å². The molecule has 0 saturated carbocycles. The highest BCUT2D eigenvalue weighted by Crippen LogP contribution is 2.09. The number of nitrogens with one attached hydrogen (secondary N) is 1. The second kappa shape index (κ2) is 14.0. The molecule has 5 heteroatoms. The third kappa shape index (κ3) is 9.88. The van der Waals surface area contributed by atoms with Crippen LogP contribution in [0.2, 0.25) is 0 Å². The Kier molecular flexibility index (Phi) is 14.1. The quantitative estimate of drug-likeness (QED) is 0.368. The highest BCUT2D eigenvalue weighted by Gasteiger charge is 2.41. The van der Waals surface area contributed by atoms with Crippen LogP contribution in [0.3, 0.4) is 0 Å². The molecule has 20 heavy (non-hydrogen) atoms. The van der Waals surface area contributed by atoms with Gasteiger partial charge in [-0.05, 0) is 32.2 Å². The zero-order valence-corrected chi connectivity index (χ0v) is 15.0. The summed E-state index contributed by atoms with van der Waals surface area (Å²) in [6.07, 6.45) is 7.91. The molecule has 0 heterocycles. The fourth-order valence-electron chi connectivity index (χ4n) is 1.78. The number of hydrogen-bond acceptors (Lipinski definition) is 4. The Morgan fingerprint density at radius 1 is 0.650 bits per heavy atom. The van der Waals surface area contributed by atoms with E-state index >= 15 is 0 Å². The third-order valence-electron chi connectivity index (χ3n) is 2.86. The van der Waals surface area contributed by atoms with Gasteiger partial charge in [0.1, 0.15) is 0 Å². The number of hydrogen-bond donors (Lipinski definition) is 1. The molecule has 1 N–H and O–H groups in total. The van der Waals surface area contributed by atoms with Crippen LogP contribution in [0.5, 0.6) is 0 Å². The average Bonchev–Trinajstić information content (AvgIpc) is 2.48. The van der Waals surface area contributed by atoms with E-state index in [4.69, 9.17) is 13.3 Å². The SMILES string of the molecule is CCCCCCN[Si](OCCC)(OCCC)OCCC. The van der Waals surface area contributed by atoms with Crippen molar-refractivity contribution < 1.29 is 13.3 Å². The molecule has 0 aliphatic heterocycles. The summed E-state index contributed by atoms with van der Waals surface area (Å²) in [6, 6.07) is 0. The molecular weight excluding hydrogens is 270 g/mol. The first-order chi connectivity index (χ1) is 9.74. The molecule has 0 aromatic carbocycles. The molecule has 0 saturated heterocycles. The molecule has 0 amide bonds. The van der Waals surface area contributed by atoms with Crippen molar-refractivity contribution >= 4 is 8.97 Å². The van der Waals surface area contributed by atoms with E-state index in [9.17, 15) is 0 Å². The molecule has 0 aromatic rings. The molecule has 0 fully saturated rings. The lowest BCUT2D eigenvalue weighted by Gasteiger charge is -2.29. The first-order valence-corrected chi connectivity index (χ1v) is 10.1. The maximum atomic E-state index is 5.97. The number of unbranched alkanes of at least 4 members (excludes halogenated alkanes) is 3. The van der Waals surface area contributed by atoms with Crippen LogP contribution in [-0.2, 0) is 13.3 Å². The molecule has 0 rings (SSSR count). The Morgan fingerprint density at radius 3 is 1.55 bits per heavy atom. The van der Waals surface area contributed by atoms with Gasteiger partial charge in [0, 0.05) is 19.8 Å². The predicted octanol–water partition coefficient (Wildman–Crippen LogP) is 3.87. The summed E-state index contributed by atoms with van der Waals surface area (Å²) in [6.45, 7) is 11.6. The average molecular weight is 306 g/mol. The summed E-state index contributed by atoms with van der Waals surface area (Å²) < 4.78 is 17.9. The minimum atomic E-state index is -2.67. The van der Waals surface area contributed by atoms with Crippen LogP contribution in [0.1, 0.15) is 72.6 Å². The minimum Gasteiger partial charge on any atom is -0.361 e. The highest BCUT2D eigenvalue weighted by molar-refractivity contribution is 6.57. The van der Waals surface area contributed by atoms with E-state index < -0.39 is 8.97 Å². The van der Waals surface area contributed by atoms with Gasteiger partial charge >= 0.3 is 8.97 Å². The molecule has 122 valence electrons. The van der Waals surface area contributed by atoms with Crippen molar-refractivity contribution in [2.45, 2.75) is 72.6 Å². The van der Waals surface area contributed by atoms with Crippen LogP contribution in [-0.4, -0.2) is 35.3 Å². The third-order valence-corrected chi connectivity index (χ3v) is 5.30. The standard InChI is InChI=1S/C15H35NO3Si/c1-5-9-10-11-12-16-20(17-13-6-2,18-14-7-3)19-15-8-4/h16H,5-15H2,1-4H3. The summed E-state index contributed by atoms with van der Waals surface area (Å²) in [5.41, 5.74) is 0. The van der Waals surface area contributed by atoms with Crippen molar-refractivity contribution in [1.82, 2.24) is 4.98 Å². The summed E-state index contributed by atoms with van der Waals surface area (Å²) in [5.74, 6) is 0. The Balaban J connectivity index is 4.34. The van der Waals surface area contributed by atoms with E-state index in [1.807, 2.05) is 0 Å². The van der Waals surface area contributed by atoms with Crippen molar-refractivity contribution in [3.05, 3.63) is 0 Å². The molecular formula is C15H35NO3Si. The van der Waals surface area contributed by atoms with E-state index in [0.29, 0.717) is 19.8 Å². The summed E-state index contributed by atoms with van der Waals surface area (Å²) in [7, 11) is -2.67. The van der Waals surface area contributed by atoms with E-state index in [2.05, 4.69) is 32.7 Å². The molecule has 0 atom stereocenters. The summed E-state index contributed by atoms with van der Waals surface area (Å²) in [4.78, 5) is 3.47. The van der Waals surface area contributed by atoms with Gasteiger partial charge in [-0.2, -0.15) is 0 Å². The smallest absolute Gasteiger partial charge is 0.361 e. The van der Waals surface area contributed by atoms with Crippen molar-refractivity contribution in [3.63, 3.8) is 0 Å². The fourth-order valence-corrected chi connectivity index (χ4v) is 4.24. The van der Waals surface area contributed by atoms with Crippen LogP contribution in [0.4, 0.5) is 0 Å². The van der Waals surface area contributed by atoms with Gasteiger partial charge in [-0.3, -0.25) is 4.98 Å². The van der Waals surface area contributed by atoms with Gasteiger partial charge in [-0.15, -0.1) is 0 Å². The van der Waals surface area contributed by atoms with E-state index in [1.54, 1.807) is 0 Å². The Bertz CT molecular complexity index is 184. The van der Waals surface area contributed by atoms with Gasteiger partial charge in [0.2, 0.25) is 0 Å². The fraction of sp³-hybridized carbons (Fsp3) is 1.00. The van der Waals surface area contributed by atoms with Gasteiger partial charge in [0.25, 0.3) is 0 Å². The van der Waals surface area contributed by atoms with Gasteiger partial charge in [0.05, 0.1) is 0 Å². The predicted molar refractivity (Wildman–Crippen MR) is 86.6 cm³/mol. The maximum absolute atomic E-state index is 5.97. The molecule has 0 aromatic heterocycles. The van der Waals surface area contributed by atoms with Crippen LogP contribution >= 0.6 is 0 Å². The molecule has 0 aliphatic rings. The second-order valence-corrected chi connectivity index (χ2v) is 7.42. The minimum absolute atomic E-state index is 0.696. The van der Waals surface area contributed by atoms with E-state index in [-0.39, 0.29) is 0 Å². The van der Waals surface area contributed by atoms with Gasteiger partial charge in [0.15, 0.2) is 0 Å². The van der Waals surface area contributed by atoms with E-state index in [0.717, 1.165) is 32.2 Å². The molecule has 4 nitrogen and oxygen atoms in total. The summed E-state index contributed by atoms with van der Waals surface area (Å²) >= 11 is 0. The number of rotatable bonds is 15. The normalized spacial score (nSPS) is 12.0. The van der Waals surface area contributed by atoms with Crippen LogP contribution < -0.4 is 4.98 Å². The molecule has 0 radical (unpaired) electrons. The molecule has 0 spiro atoms. The van der Waals surface area contributed by atoms with Crippen molar-refractivity contribution in [1.29, 1.82) is 0 Å². The van der Waals surface area contributed by atoms with Crippen molar-refractivity contribution in [2.24, 2.45) is 0 Å². The largest absolute Gasteiger partial charge is 0.596 e. The van der Waals surface area contributed by atoms with Crippen LogP contribution in [0, 0.1) is 0 Å². The lowest BCUT2D eigenvalue weighted by Crippen LogP contribution is -2.59. The lowest BCUT2D eigenvalue weighted by molar-refractivity contribution is 0.0483. The van der Waals surface area contributed by atoms with Crippen molar-refractivity contribution in [3.8, 4) is 0 Å². The zero-order chi connectivity index (χ0) is 15.1. The molecule has 0 unspecified atom stereocenters. The lowest BCUT2D eigenvalue weighted by atomic mass is 10.2. The first-order valence-electron chi connectivity index (χ1n) is 8.41.